The predicted molar refractivity (Wildman–Crippen MR) is 58.4 cm³/mol. The van der Waals surface area contributed by atoms with Crippen molar-refractivity contribution >= 4 is 17.4 Å². The lowest BCUT2D eigenvalue weighted by Crippen LogP contribution is -1.99. The average Bonchev–Trinajstić information content (AvgIpc) is 2.22. The van der Waals surface area contributed by atoms with E-state index in [2.05, 4.69) is 11.8 Å². The number of carbonyl (C=O) groups excluding carboxylic acids is 1. The van der Waals surface area contributed by atoms with E-state index in [1.165, 1.54) is 12.1 Å². The summed E-state index contributed by atoms with van der Waals surface area (Å²) in [5, 5.41) is 0.0277. The van der Waals surface area contributed by atoms with Crippen LogP contribution in [-0.2, 0) is 0 Å². The molecule has 1 aromatic rings. The normalized spacial score (nSPS) is 9.27. The molecule has 0 radical (unpaired) electrons. The number of benzene rings is 1. The Morgan fingerprint density at radius 1 is 1.53 bits per heavy atom. The lowest BCUT2D eigenvalue weighted by molar-refractivity contribution is 0.0984. The standard InChI is InChI=1S/C12H10ClFO/c1-2-3-4-5-12(15)9-6-7-10(13)11(14)8-9/h6-8H,4-5H2,1H3. The van der Waals surface area contributed by atoms with Crippen molar-refractivity contribution in [1.29, 1.82) is 0 Å². The molecular formula is C12H10ClFO. The molecule has 0 aliphatic rings. The summed E-state index contributed by atoms with van der Waals surface area (Å²) < 4.78 is 13.0. The number of ketones is 1. The van der Waals surface area contributed by atoms with E-state index in [9.17, 15) is 9.18 Å². The number of hydrogen-bond acceptors (Lipinski definition) is 1. The summed E-state index contributed by atoms with van der Waals surface area (Å²) in [7, 11) is 0. The van der Waals surface area contributed by atoms with Crippen molar-refractivity contribution in [2.24, 2.45) is 0 Å². The minimum absolute atomic E-state index is 0.0277. The van der Waals surface area contributed by atoms with E-state index in [1.54, 1.807) is 6.92 Å². The van der Waals surface area contributed by atoms with Gasteiger partial charge in [-0.05, 0) is 25.1 Å². The highest BCUT2D eigenvalue weighted by molar-refractivity contribution is 6.30. The second-order valence-corrected chi connectivity index (χ2v) is 3.39. The van der Waals surface area contributed by atoms with E-state index >= 15 is 0 Å². The molecule has 3 heteroatoms. The van der Waals surface area contributed by atoms with Crippen LogP contribution in [0.25, 0.3) is 0 Å². The molecule has 1 aromatic carbocycles. The number of hydrogen-bond donors (Lipinski definition) is 0. The van der Waals surface area contributed by atoms with E-state index < -0.39 is 5.82 Å². The van der Waals surface area contributed by atoms with Crippen molar-refractivity contribution in [3.05, 3.63) is 34.6 Å². The Kier molecular flexibility index (Phi) is 4.33. The topological polar surface area (TPSA) is 17.1 Å². The molecule has 0 aliphatic heterocycles. The van der Waals surface area contributed by atoms with Gasteiger partial charge in [0, 0.05) is 18.4 Å². The van der Waals surface area contributed by atoms with Crippen LogP contribution in [0.2, 0.25) is 5.02 Å². The fourth-order valence-corrected chi connectivity index (χ4v) is 1.23. The van der Waals surface area contributed by atoms with E-state index in [0.29, 0.717) is 18.4 Å². The molecule has 0 unspecified atom stereocenters. The smallest absolute Gasteiger partial charge is 0.163 e. The lowest BCUT2D eigenvalue weighted by atomic mass is 10.1. The molecule has 1 rings (SSSR count). The molecule has 78 valence electrons. The molecule has 0 N–H and O–H groups in total. The van der Waals surface area contributed by atoms with Crippen LogP contribution in [0.5, 0.6) is 0 Å². The zero-order valence-electron chi connectivity index (χ0n) is 8.31. The van der Waals surface area contributed by atoms with Gasteiger partial charge in [-0.25, -0.2) is 4.39 Å². The van der Waals surface area contributed by atoms with Crippen LogP contribution in [0.4, 0.5) is 4.39 Å². The maximum atomic E-state index is 13.0. The highest BCUT2D eigenvalue weighted by Crippen LogP contribution is 2.16. The minimum atomic E-state index is -0.566. The average molecular weight is 225 g/mol. The summed E-state index contributed by atoms with van der Waals surface area (Å²) in [6.07, 6.45) is 0.807. The minimum Gasteiger partial charge on any atom is -0.294 e. The lowest BCUT2D eigenvalue weighted by Gasteiger charge is -1.99. The predicted octanol–water partition coefficient (Wildman–Crippen LogP) is 3.47. The third kappa shape index (κ3) is 3.38. The molecule has 0 aliphatic carbocycles. The van der Waals surface area contributed by atoms with Crippen molar-refractivity contribution in [3.8, 4) is 11.8 Å². The maximum Gasteiger partial charge on any atom is 0.163 e. The van der Waals surface area contributed by atoms with Gasteiger partial charge in [-0.1, -0.05) is 11.6 Å². The van der Waals surface area contributed by atoms with Crippen molar-refractivity contribution in [1.82, 2.24) is 0 Å². The number of Topliss-reactive ketones (excluding diaryl/α,β-unsaturated/α-hetero) is 1. The Bertz CT molecular complexity index is 429. The summed E-state index contributed by atoms with van der Waals surface area (Å²) in [4.78, 5) is 11.5. The van der Waals surface area contributed by atoms with Gasteiger partial charge in [-0.2, -0.15) is 0 Å². The van der Waals surface area contributed by atoms with E-state index in [1.807, 2.05) is 0 Å². The van der Waals surface area contributed by atoms with Gasteiger partial charge in [0.05, 0.1) is 5.02 Å². The van der Waals surface area contributed by atoms with Gasteiger partial charge >= 0.3 is 0 Å². The van der Waals surface area contributed by atoms with Gasteiger partial charge in [0.2, 0.25) is 0 Å². The number of carbonyl (C=O) groups is 1. The van der Waals surface area contributed by atoms with Gasteiger partial charge in [0.25, 0.3) is 0 Å². The van der Waals surface area contributed by atoms with Crippen molar-refractivity contribution < 1.29 is 9.18 Å². The molecule has 0 heterocycles. The van der Waals surface area contributed by atoms with Gasteiger partial charge in [0.1, 0.15) is 5.82 Å². The molecule has 0 saturated carbocycles. The Hall–Kier alpha value is -1.33. The molecule has 0 spiro atoms. The van der Waals surface area contributed by atoms with Gasteiger partial charge < -0.3 is 0 Å². The Morgan fingerprint density at radius 2 is 2.27 bits per heavy atom. The van der Waals surface area contributed by atoms with Gasteiger partial charge in [-0.3, -0.25) is 4.79 Å². The quantitative estimate of drug-likeness (QED) is 0.568. The van der Waals surface area contributed by atoms with Crippen molar-refractivity contribution in [2.45, 2.75) is 19.8 Å². The summed E-state index contributed by atoms with van der Waals surface area (Å²) in [6, 6.07) is 4.06. The summed E-state index contributed by atoms with van der Waals surface area (Å²) in [5.74, 6) is 4.80. The SMILES string of the molecule is CC#CCCC(=O)c1ccc(Cl)c(F)c1. The molecule has 0 saturated heterocycles. The van der Waals surface area contributed by atoms with Crippen LogP contribution in [0.15, 0.2) is 18.2 Å². The van der Waals surface area contributed by atoms with Crippen molar-refractivity contribution in [2.75, 3.05) is 0 Å². The second kappa shape index (κ2) is 5.53. The van der Waals surface area contributed by atoms with Crippen LogP contribution in [0.1, 0.15) is 30.1 Å². The Balaban J connectivity index is 2.72. The highest BCUT2D eigenvalue weighted by atomic mass is 35.5. The first-order valence-corrected chi connectivity index (χ1v) is 4.91. The van der Waals surface area contributed by atoms with Crippen LogP contribution >= 0.6 is 11.6 Å². The zero-order chi connectivity index (χ0) is 11.3. The van der Waals surface area contributed by atoms with Gasteiger partial charge in [-0.15, -0.1) is 11.8 Å². The van der Waals surface area contributed by atoms with Crippen LogP contribution in [0, 0.1) is 17.7 Å². The fraction of sp³-hybridized carbons (Fsp3) is 0.250. The molecule has 0 fully saturated rings. The summed E-state index contributed by atoms with van der Waals surface area (Å²) in [5.41, 5.74) is 0.342. The summed E-state index contributed by atoms with van der Waals surface area (Å²) in [6.45, 7) is 1.71. The molecule has 0 amide bonds. The van der Waals surface area contributed by atoms with Crippen LogP contribution in [0.3, 0.4) is 0 Å². The largest absolute Gasteiger partial charge is 0.294 e. The monoisotopic (exact) mass is 224 g/mol. The molecular weight excluding hydrogens is 215 g/mol. The van der Waals surface area contributed by atoms with E-state index in [-0.39, 0.29) is 10.8 Å². The van der Waals surface area contributed by atoms with E-state index in [0.717, 1.165) is 6.07 Å². The third-order valence-corrected chi connectivity index (χ3v) is 2.20. The first kappa shape index (κ1) is 11.7. The Labute approximate surface area is 93.3 Å². The molecule has 0 aromatic heterocycles. The van der Waals surface area contributed by atoms with Crippen LogP contribution < -0.4 is 0 Å². The first-order valence-electron chi connectivity index (χ1n) is 4.53. The fourth-order valence-electron chi connectivity index (χ4n) is 1.11. The van der Waals surface area contributed by atoms with E-state index in [4.69, 9.17) is 11.6 Å². The molecule has 0 atom stereocenters. The maximum absolute atomic E-state index is 13.0. The van der Waals surface area contributed by atoms with Gasteiger partial charge in [0.15, 0.2) is 5.78 Å². The molecule has 1 nitrogen and oxygen atoms in total. The molecule has 0 bridgehead atoms. The second-order valence-electron chi connectivity index (χ2n) is 2.98. The Morgan fingerprint density at radius 3 is 2.87 bits per heavy atom. The summed E-state index contributed by atoms with van der Waals surface area (Å²) >= 11 is 5.50. The third-order valence-electron chi connectivity index (χ3n) is 1.90. The number of rotatable bonds is 3. The zero-order valence-corrected chi connectivity index (χ0v) is 9.07. The first-order chi connectivity index (χ1) is 7.15. The van der Waals surface area contributed by atoms with Crippen molar-refractivity contribution in [3.63, 3.8) is 0 Å². The molecule has 15 heavy (non-hydrogen) atoms. The highest BCUT2D eigenvalue weighted by Gasteiger charge is 2.07. The number of halogens is 2. The van der Waals surface area contributed by atoms with Crippen LogP contribution in [-0.4, -0.2) is 5.78 Å².